The highest BCUT2D eigenvalue weighted by atomic mass is 19.4. The van der Waals surface area contributed by atoms with Crippen molar-refractivity contribution < 1.29 is 22.5 Å². The number of carbonyl (C=O) groups excluding carboxylic acids is 1. The van der Waals surface area contributed by atoms with E-state index in [-0.39, 0.29) is 11.5 Å². The average Bonchev–Trinajstić information content (AvgIpc) is 2.78. The number of amides is 2. The van der Waals surface area contributed by atoms with Crippen LogP contribution in [0.25, 0.3) is 0 Å². The van der Waals surface area contributed by atoms with Gasteiger partial charge in [-0.1, -0.05) is 6.07 Å². The molecule has 5 nitrogen and oxygen atoms in total. The number of fused-ring (bicyclic) bond motifs is 1. The first kappa shape index (κ1) is 15.3. The largest absolute Gasteiger partial charge is 0.445 e. The molecule has 2 heterocycles. The third kappa shape index (κ3) is 2.42. The van der Waals surface area contributed by atoms with Crippen molar-refractivity contribution in [3.05, 3.63) is 29.8 Å². The summed E-state index contributed by atoms with van der Waals surface area (Å²) in [6.45, 7) is 0. The number of hydrogen-bond donors (Lipinski definition) is 1. The molecule has 1 aromatic carbocycles. The van der Waals surface area contributed by atoms with Gasteiger partial charge < -0.3 is 5.73 Å². The molecule has 2 aliphatic heterocycles. The highest BCUT2D eigenvalue weighted by Crippen LogP contribution is 2.34. The van der Waals surface area contributed by atoms with E-state index in [0.717, 1.165) is 23.1 Å². The highest BCUT2D eigenvalue weighted by molar-refractivity contribution is 5.95. The zero-order valence-corrected chi connectivity index (χ0v) is 12.0. The highest BCUT2D eigenvalue weighted by Gasteiger charge is 2.51. The molecule has 2 aliphatic rings. The number of amidine groups is 1. The summed E-state index contributed by atoms with van der Waals surface area (Å²) in [5.41, 5.74) is 5.24. The average molecular weight is 323 g/mol. The van der Waals surface area contributed by atoms with Crippen LogP contribution in [0.15, 0.2) is 24.3 Å². The standard InChI is InChI=1S/C15H13F3N4O/c16-15(17,18)9-3-1-4-10(7-9)22-13(20)12-6-2-5-11(8-19)21(12)14(22)23/h1,3-4,7,11-12,20H,2,5-6H2/p+1. The predicted octanol–water partition coefficient (Wildman–Crippen LogP) is 2.59. The summed E-state index contributed by atoms with van der Waals surface area (Å²) < 4.78 is 39.7. The van der Waals surface area contributed by atoms with E-state index < -0.39 is 29.9 Å². The lowest BCUT2D eigenvalue weighted by Crippen LogP contribution is -2.49. The number of nitriles is 1. The molecule has 1 fully saturated rings. The van der Waals surface area contributed by atoms with Crippen molar-refractivity contribution in [1.29, 1.82) is 5.26 Å². The monoisotopic (exact) mass is 323 g/mol. The van der Waals surface area contributed by atoms with Gasteiger partial charge in [-0.2, -0.15) is 23.0 Å². The van der Waals surface area contributed by atoms with Crippen LogP contribution in [0.5, 0.6) is 0 Å². The Morgan fingerprint density at radius 1 is 1.35 bits per heavy atom. The number of hydrogen-bond acceptors (Lipinski definition) is 3. The molecule has 0 aliphatic carbocycles. The van der Waals surface area contributed by atoms with Crippen molar-refractivity contribution in [2.75, 3.05) is 0 Å². The van der Waals surface area contributed by atoms with E-state index in [0.29, 0.717) is 12.8 Å². The van der Waals surface area contributed by atoms with Crippen LogP contribution >= 0.6 is 0 Å². The number of piperidine rings is 1. The van der Waals surface area contributed by atoms with E-state index >= 15 is 0 Å². The fourth-order valence-electron chi connectivity index (χ4n) is 3.14. The summed E-state index contributed by atoms with van der Waals surface area (Å²) in [4.78, 5) is 14.0. The van der Waals surface area contributed by atoms with Gasteiger partial charge in [0.05, 0.1) is 5.56 Å². The van der Waals surface area contributed by atoms with Crippen LogP contribution < -0.4 is 5.73 Å². The molecule has 120 valence electrons. The van der Waals surface area contributed by atoms with E-state index in [2.05, 4.69) is 6.07 Å². The van der Waals surface area contributed by atoms with Gasteiger partial charge in [0.25, 0.3) is 0 Å². The zero-order valence-electron chi connectivity index (χ0n) is 12.0. The zero-order chi connectivity index (χ0) is 16.8. The van der Waals surface area contributed by atoms with Crippen molar-refractivity contribution in [3.8, 4) is 6.07 Å². The minimum Gasteiger partial charge on any atom is -0.319 e. The van der Waals surface area contributed by atoms with E-state index in [9.17, 15) is 23.2 Å². The van der Waals surface area contributed by atoms with Crippen LogP contribution in [0.2, 0.25) is 0 Å². The van der Waals surface area contributed by atoms with Crippen LogP contribution in [0.1, 0.15) is 24.8 Å². The lowest BCUT2D eigenvalue weighted by Gasteiger charge is -2.27. The number of benzene rings is 1. The van der Waals surface area contributed by atoms with Gasteiger partial charge in [-0.15, -0.1) is 0 Å². The Hall–Kier alpha value is -2.56. The number of carbonyl (C=O) groups is 1. The van der Waals surface area contributed by atoms with Crippen molar-refractivity contribution in [3.63, 3.8) is 0 Å². The predicted molar refractivity (Wildman–Crippen MR) is 74.8 cm³/mol. The topological polar surface area (TPSA) is 73.1 Å². The number of alkyl halides is 3. The maximum atomic E-state index is 12.9. The van der Waals surface area contributed by atoms with Crippen LogP contribution in [0.3, 0.4) is 0 Å². The fourth-order valence-corrected chi connectivity index (χ4v) is 3.14. The molecule has 0 spiro atoms. The SMILES string of the molecule is N#CC1CCCC2C(N)=[N+](c3cccc(C(F)(F)F)c3)C(=O)N12. The molecule has 0 bridgehead atoms. The van der Waals surface area contributed by atoms with Crippen LogP contribution in [-0.2, 0) is 6.18 Å². The molecule has 2 atom stereocenters. The lowest BCUT2D eigenvalue weighted by atomic mass is 9.97. The molecular weight excluding hydrogens is 309 g/mol. The molecule has 0 radical (unpaired) electrons. The molecule has 8 heteroatoms. The molecule has 2 amide bonds. The van der Waals surface area contributed by atoms with Gasteiger partial charge in [-0.3, -0.25) is 0 Å². The maximum absolute atomic E-state index is 12.9. The molecule has 0 saturated carbocycles. The first-order valence-corrected chi connectivity index (χ1v) is 7.16. The molecule has 2 unspecified atom stereocenters. The summed E-state index contributed by atoms with van der Waals surface area (Å²) in [5.74, 6) is 0.175. The van der Waals surface area contributed by atoms with E-state index in [1.807, 2.05) is 0 Å². The minimum absolute atomic E-state index is 0.0633. The van der Waals surface area contributed by atoms with E-state index in [1.54, 1.807) is 0 Å². The summed E-state index contributed by atoms with van der Waals surface area (Å²) >= 11 is 0. The number of urea groups is 1. The Balaban J connectivity index is 2.05. The quantitative estimate of drug-likeness (QED) is 0.807. The van der Waals surface area contributed by atoms with Gasteiger partial charge in [0.2, 0.25) is 5.84 Å². The van der Waals surface area contributed by atoms with E-state index in [4.69, 9.17) is 5.73 Å². The van der Waals surface area contributed by atoms with Crippen molar-refractivity contribution in [2.45, 2.75) is 37.5 Å². The summed E-state index contributed by atoms with van der Waals surface area (Å²) in [6, 6.07) is 4.95. The lowest BCUT2D eigenvalue weighted by molar-refractivity contribution is -0.334. The molecule has 23 heavy (non-hydrogen) atoms. The molecule has 0 aromatic heterocycles. The maximum Gasteiger partial charge on any atom is 0.445 e. The number of nitrogens with zero attached hydrogens (tertiary/aromatic N) is 3. The molecule has 1 saturated heterocycles. The third-order valence-corrected chi connectivity index (χ3v) is 4.22. The normalized spacial score (nSPS) is 24.6. The van der Waals surface area contributed by atoms with Crippen LogP contribution in [-0.4, -0.2) is 33.4 Å². The summed E-state index contributed by atoms with van der Waals surface area (Å²) in [7, 11) is 0. The summed E-state index contributed by atoms with van der Waals surface area (Å²) in [5, 5.41) is 9.19. The Kier molecular flexibility index (Phi) is 3.51. The number of nitrogens with two attached hydrogens (primary N) is 1. The van der Waals surface area contributed by atoms with Crippen molar-refractivity contribution in [1.82, 2.24) is 4.90 Å². The smallest absolute Gasteiger partial charge is 0.319 e. The Morgan fingerprint density at radius 2 is 2.09 bits per heavy atom. The first-order chi connectivity index (χ1) is 10.8. The molecular formula is C15H14F3N4O+. The van der Waals surface area contributed by atoms with Gasteiger partial charge in [-0.25, -0.2) is 9.69 Å². The fraction of sp³-hybridized carbons (Fsp3) is 0.400. The Morgan fingerprint density at radius 3 is 2.74 bits per heavy atom. The first-order valence-electron chi connectivity index (χ1n) is 7.16. The Labute approximate surface area is 130 Å². The third-order valence-electron chi connectivity index (χ3n) is 4.22. The van der Waals surface area contributed by atoms with Crippen LogP contribution in [0, 0.1) is 11.3 Å². The van der Waals surface area contributed by atoms with Crippen LogP contribution in [0.4, 0.5) is 23.7 Å². The van der Waals surface area contributed by atoms with Gasteiger partial charge in [0.1, 0.15) is 11.8 Å². The second-order valence-electron chi connectivity index (χ2n) is 5.59. The number of halogens is 3. The summed E-state index contributed by atoms with van der Waals surface area (Å²) in [6.07, 6.45) is -2.62. The molecule has 3 rings (SSSR count). The molecule has 2 N–H and O–H groups in total. The number of rotatable bonds is 1. The Bertz CT molecular complexity index is 735. The van der Waals surface area contributed by atoms with Gasteiger partial charge in [0, 0.05) is 0 Å². The van der Waals surface area contributed by atoms with Gasteiger partial charge in [0.15, 0.2) is 12.1 Å². The van der Waals surface area contributed by atoms with Crippen molar-refractivity contribution >= 4 is 17.6 Å². The minimum atomic E-state index is -4.50. The second kappa shape index (κ2) is 5.26. The van der Waals surface area contributed by atoms with Gasteiger partial charge in [-0.05, 0) is 37.5 Å². The van der Waals surface area contributed by atoms with Crippen molar-refractivity contribution in [2.24, 2.45) is 5.73 Å². The van der Waals surface area contributed by atoms with Gasteiger partial charge >= 0.3 is 12.2 Å². The second-order valence-corrected chi connectivity index (χ2v) is 5.59. The molecule has 1 aromatic rings. The van der Waals surface area contributed by atoms with E-state index in [1.165, 1.54) is 17.0 Å².